The van der Waals surface area contributed by atoms with Gasteiger partial charge in [-0.2, -0.15) is 13.2 Å². The minimum atomic E-state index is -4.52. The van der Waals surface area contributed by atoms with Gasteiger partial charge in [-0.1, -0.05) is 0 Å². The van der Waals surface area contributed by atoms with Crippen molar-refractivity contribution in [3.8, 4) is 0 Å². The van der Waals surface area contributed by atoms with E-state index in [1.165, 1.54) is 21.0 Å². The molecule has 0 amide bonds. The highest BCUT2D eigenvalue weighted by atomic mass is 19.4. The van der Waals surface area contributed by atoms with Gasteiger partial charge in [0, 0.05) is 25.1 Å². The molecule has 0 aliphatic carbocycles. The summed E-state index contributed by atoms with van der Waals surface area (Å²) in [6.45, 7) is 3.01. The number of alkyl halides is 3. The first-order valence-corrected chi connectivity index (χ1v) is 4.94. The molecule has 17 heavy (non-hydrogen) atoms. The fraction of sp³-hybridized carbons (Fsp3) is 0.545. The fourth-order valence-corrected chi connectivity index (χ4v) is 1.37. The quantitative estimate of drug-likeness (QED) is 0.895. The van der Waals surface area contributed by atoms with Crippen LogP contribution >= 0.6 is 0 Å². The molecule has 1 aromatic rings. The van der Waals surface area contributed by atoms with E-state index in [2.05, 4.69) is 4.98 Å². The Balaban J connectivity index is 3.23. The fourth-order valence-electron chi connectivity index (χ4n) is 1.37. The first-order valence-electron chi connectivity index (χ1n) is 4.94. The highest BCUT2D eigenvalue weighted by molar-refractivity contribution is 5.29. The van der Waals surface area contributed by atoms with Gasteiger partial charge in [0.25, 0.3) is 0 Å². The SMILES string of the molecule is COC(C)(C)C(O)c1cnccc1C(F)(F)F. The van der Waals surface area contributed by atoms with Crippen LogP contribution in [0.2, 0.25) is 0 Å². The van der Waals surface area contributed by atoms with Gasteiger partial charge in [-0.05, 0) is 19.9 Å². The van der Waals surface area contributed by atoms with Gasteiger partial charge >= 0.3 is 6.18 Å². The van der Waals surface area contributed by atoms with Gasteiger partial charge in [0.1, 0.15) is 6.10 Å². The number of hydrogen-bond donors (Lipinski definition) is 1. The maximum absolute atomic E-state index is 12.7. The van der Waals surface area contributed by atoms with Gasteiger partial charge in [0.15, 0.2) is 0 Å². The predicted octanol–water partition coefficient (Wildman–Crippen LogP) is 2.56. The van der Waals surface area contributed by atoms with Crippen LogP contribution in [0.15, 0.2) is 18.5 Å². The molecule has 1 atom stereocenters. The number of hydrogen-bond acceptors (Lipinski definition) is 3. The number of nitrogens with zero attached hydrogens (tertiary/aromatic N) is 1. The Hall–Kier alpha value is -1.14. The summed E-state index contributed by atoms with van der Waals surface area (Å²) in [6, 6.07) is 0.838. The van der Waals surface area contributed by atoms with Crippen LogP contribution in [-0.4, -0.2) is 22.8 Å². The molecule has 0 fully saturated rings. The van der Waals surface area contributed by atoms with E-state index in [1.807, 2.05) is 0 Å². The van der Waals surface area contributed by atoms with Gasteiger partial charge < -0.3 is 9.84 Å². The summed E-state index contributed by atoms with van der Waals surface area (Å²) in [4.78, 5) is 3.61. The van der Waals surface area contributed by atoms with Gasteiger partial charge in [-0.25, -0.2) is 0 Å². The van der Waals surface area contributed by atoms with Gasteiger partial charge in [-0.3, -0.25) is 4.98 Å². The number of aromatic nitrogens is 1. The molecule has 0 bridgehead atoms. The van der Waals surface area contributed by atoms with Crippen LogP contribution in [0.4, 0.5) is 13.2 Å². The zero-order valence-corrected chi connectivity index (χ0v) is 9.75. The van der Waals surface area contributed by atoms with Crippen molar-refractivity contribution in [2.45, 2.75) is 31.7 Å². The molecular weight excluding hydrogens is 235 g/mol. The molecule has 0 aliphatic heterocycles. The lowest BCUT2D eigenvalue weighted by molar-refractivity contribution is -0.142. The number of methoxy groups -OCH3 is 1. The molecule has 3 nitrogen and oxygen atoms in total. The molecule has 0 saturated carbocycles. The van der Waals surface area contributed by atoms with Crippen LogP contribution in [0.25, 0.3) is 0 Å². The molecule has 0 saturated heterocycles. The third kappa shape index (κ3) is 2.95. The highest BCUT2D eigenvalue weighted by Gasteiger charge is 2.39. The second kappa shape index (κ2) is 4.62. The van der Waals surface area contributed by atoms with Crippen molar-refractivity contribution in [1.82, 2.24) is 4.98 Å². The monoisotopic (exact) mass is 249 g/mol. The van der Waals surface area contributed by atoms with Crippen LogP contribution < -0.4 is 0 Å². The van der Waals surface area contributed by atoms with Crippen molar-refractivity contribution in [3.63, 3.8) is 0 Å². The van der Waals surface area contributed by atoms with E-state index in [1.54, 1.807) is 0 Å². The zero-order valence-electron chi connectivity index (χ0n) is 9.75. The van der Waals surface area contributed by atoms with Crippen LogP contribution in [0.3, 0.4) is 0 Å². The van der Waals surface area contributed by atoms with E-state index in [9.17, 15) is 18.3 Å². The summed E-state index contributed by atoms with van der Waals surface area (Å²) in [5, 5.41) is 9.93. The molecule has 1 rings (SSSR count). The lowest BCUT2D eigenvalue weighted by Gasteiger charge is -2.30. The van der Waals surface area contributed by atoms with E-state index in [0.29, 0.717) is 0 Å². The summed E-state index contributed by atoms with van der Waals surface area (Å²) >= 11 is 0. The summed E-state index contributed by atoms with van der Waals surface area (Å²) in [5.74, 6) is 0. The molecule has 1 aromatic heterocycles. The van der Waals surface area contributed by atoms with Crippen LogP contribution in [-0.2, 0) is 10.9 Å². The minimum absolute atomic E-state index is 0.285. The predicted molar refractivity (Wildman–Crippen MR) is 55.3 cm³/mol. The first kappa shape index (κ1) is 13.9. The Morgan fingerprint density at radius 1 is 1.35 bits per heavy atom. The first-order chi connectivity index (χ1) is 7.70. The smallest absolute Gasteiger partial charge is 0.385 e. The minimum Gasteiger partial charge on any atom is -0.385 e. The lowest BCUT2D eigenvalue weighted by Crippen LogP contribution is -2.33. The van der Waals surface area contributed by atoms with Crippen molar-refractivity contribution >= 4 is 0 Å². The van der Waals surface area contributed by atoms with Crippen molar-refractivity contribution in [2.75, 3.05) is 7.11 Å². The molecule has 0 spiro atoms. The molecule has 0 radical (unpaired) electrons. The largest absolute Gasteiger partial charge is 0.416 e. The lowest BCUT2D eigenvalue weighted by atomic mass is 9.92. The molecule has 96 valence electrons. The summed E-state index contributed by atoms with van der Waals surface area (Å²) in [5.41, 5.74) is -2.31. The molecule has 0 aliphatic rings. The van der Waals surface area contributed by atoms with Crippen LogP contribution in [0.5, 0.6) is 0 Å². The Morgan fingerprint density at radius 2 is 1.94 bits per heavy atom. The molecule has 1 unspecified atom stereocenters. The Morgan fingerprint density at radius 3 is 2.41 bits per heavy atom. The Bertz CT molecular complexity index is 391. The van der Waals surface area contributed by atoms with Crippen LogP contribution in [0.1, 0.15) is 31.1 Å². The van der Waals surface area contributed by atoms with Crippen molar-refractivity contribution < 1.29 is 23.0 Å². The second-order valence-corrected chi connectivity index (χ2v) is 4.17. The molecule has 1 heterocycles. The molecule has 6 heteroatoms. The van der Waals surface area contributed by atoms with Gasteiger partial charge in [0.05, 0.1) is 11.2 Å². The third-order valence-electron chi connectivity index (χ3n) is 2.64. The highest BCUT2D eigenvalue weighted by Crippen LogP contribution is 2.37. The topological polar surface area (TPSA) is 42.4 Å². The van der Waals surface area contributed by atoms with Gasteiger partial charge in [0.2, 0.25) is 0 Å². The van der Waals surface area contributed by atoms with E-state index in [0.717, 1.165) is 18.5 Å². The normalized spacial score (nSPS) is 14.8. The van der Waals surface area contributed by atoms with E-state index < -0.39 is 23.4 Å². The van der Waals surface area contributed by atoms with Crippen molar-refractivity contribution in [1.29, 1.82) is 0 Å². The standard InChI is InChI=1S/C11H14F3NO2/c1-10(2,17-3)9(16)7-6-15-5-4-8(7)11(12,13)14/h4-6,9,16H,1-3H3. The summed E-state index contributed by atoms with van der Waals surface area (Å²) in [6.07, 6.45) is -3.88. The van der Waals surface area contributed by atoms with Crippen molar-refractivity contribution in [2.24, 2.45) is 0 Å². The molecule has 1 N–H and O–H groups in total. The molecular formula is C11H14F3NO2. The van der Waals surface area contributed by atoms with E-state index in [-0.39, 0.29) is 5.56 Å². The number of ether oxygens (including phenoxy) is 1. The van der Waals surface area contributed by atoms with Gasteiger partial charge in [-0.15, -0.1) is 0 Å². The molecule has 0 aromatic carbocycles. The van der Waals surface area contributed by atoms with E-state index >= 15 is 0 Å². The Kier molecular flexibility index (Phi) is 3.78. The summed E-state index contributed by atoms with van der Waals surface area (Å²) in [7, 11) is 1.33. The number of rotatable bonds is 3. The third-order valence-corrected chi connectivity index (χ3v) is 2.64. The summed E-state index contributed by atoms with van der Waals surface area (Å²) < 4.78 is 43.1. The number of aliphatic hydroxyl groups excluding tert-OH is 1. The maximum atomic E-state index is 12.7. The van der Waals surface area contributed by atoms with Crippen molar-refractivity contribution in [3.05, 3.63) is 29.6 Å². The zero-order chi connectivity index (χ0) is 13.3. The number of pyridine rings is 1. The number of aliphatic hydroxyl groups is 1. The average Bonchev–Trinajstić information content (AvgIpc) is 2.27. The van der Waals surface area contributed by atoms with E-state index in [4.69, 9.17) is 4.74 Å². The Labute approximate surface area is 97.2 Å². The maximum Gasteiger partial charge on any atom is 0.416 e. The van der Waals surface area contributed by atoms with Crippen LogP contribution in [0, 0.1) is 0 Å². The second-order valence-electron chi connectivity index (χ2n) is 4.17. The average molecular weight is 249 g/mol. The number of halogens is 3.